The number of carbonyl (C=O) groups excluding carboxylic acids is 1. The van der Waals surface area contributed by atoms with Gasteiger partial charge in [0.15, 0.2) is 11.5 Å². The largest absolute Gasteiger partial charge is 0.461 e. The predicted molar refractivity (Wildman–Crippen MR) is 118 cm³/mol. The number of nitrogens with zero attached hydrogens (tertiary/aromatic N) is 5. The number of sulfonamides is 1. The number of esters is 1. The van der Waals surface area contributed by atoms with E-state index in [1.54, 1.807) is 25.1 Å². The van der Waals surface area contributed by atoms with Crippen LogP contribution in [0.4, 0.5) is 5.82 Å². The minimum Gasteiger partial charge on any atom is -0.461 e. The van der Waals surface area contributed by atoms with Gasteiger partial charge in [0.25, 0.3) is 0 Å². The highest BCUT2D eigenvalue weighted by molar-refractivity contribution is 7.89. The van der Waals surface area contributed by atoms with Crippen LogP contribution in [0.25, 0.3) is 11.0 Å². The van der Waals surface area contributed by atoms with Crippen molar-refractivity contribution in [3.63, 3.8) is 0 Å². The molecule has 1 aromatic heterocycles. The Morgan fingerprint density at radius 1 is 1.06 bits per heavy atom. The van der Waals surface area contributed by atoms with Gasteiger partial charge in [0.1, 0.15) is 0 Å². The third-order valence-corrected chi connectivity index (χ3v) is 7.05. The zero-order chi connectivity index (χ0) is 22.7. The maximum absolute atomic E-state index is 13.0. The molecule has 3 aromatic rings. The summed E-state index contributed by atoms with van der Waals surface area (Å²) < 4.78 is 32.6. The van der Waals surface area contributed by atoms with E-state index in [-0.39, 0.29) is 35.8 Å². The highest BCUT2D eigenvalue weighted by Gasteiger charge is 2.31. The smallest absolute Gasteiger partial charge is 0.360 e. The summed E-state index contributed by atoms with van der Waals surface area (Å²) in [7, 11) is -3.74. The van der Waals surface area contributed by atoms with Crippen LogP contribution in [0.3, 0.4) is 0 Å². The van der Waals surface area contributed by atoms with E-state index in [1.807, 2.05) is 29.2 Å². The molecule has 164 valence electrons. The number of anilines is 1. The van der Waals surface area contributed by atoms with E-state index in [0.717, 1.165) is 0 Å². The maximum Gasteiger partial charge on any atom is 0.360 e. The van der Waals surface area contributed by atoms with Gasteiger partial charge in [-0.1, -0.05) is 18.2 Å². The molecule has 10 heteroatoms. The number of nitriles is 1. The van der Waals surface area contributed by atoms with Gasteiger partial charge in [0.2, 0.25) is 10.0 Å². The van der Waals surface area contributed by atoms with Crippen LogP contribution in [0.5, 0.6) is 0 Å². The monoisotopic (exact) mass is 451 g/mol. The second-order valence-electron chi connectivity index (χ2n) is 7.14. The van der Waals surface area contributed by atoms with Gasteiger partial charge >= 0.3 is 5.97 Å². The number of carbonyl (C=O) groups is 1. The van der Waals surface area contributed by atoms with Crippen molar-refractivity contribution >= 4 is 32.8 Å². The molecule has 2 heterocycles. The van der Waals surface area contributed by atoms with Crippen LogP contribution < -0.4 is 4.90 Å². The number of aromatic nitrogens is 2. The normalized spacial score (nSPS) is 14.8. The van der Waals surface area contributed by atoms with Crippen LogP contribution in [0.2, 0.25) is 0 Å². The number of hydrogen-bond donors (Lipinski definition) is 0. The van der Waals surface area contributed by atoms with Gasteiger partial charge in [0.05, 0.1) is 34.2 Å². The summed E-state index contributed by atoms with van der Waals surface area (Å²) in [5.74, 6) is -0.185. The molecule has 0 atom stereocenters. The van der Waals surface area contributed by atoms with E-state index in [9.17, 15) is 13.2 Å². The third kappa shape index (κ3) is 4.12. The van der Waals surface area contributed by atoms with Crippen LogP contribution in [0.1, 0.15) is 23.0 Å². The van der Waals surface area contributed by atoms with Gasteiger partial charge in [-0.2, -0.15) is 9.57 Å². The number of ether oxygens (including phenoxy) is 1. The molecule has 0 radical (unpaired) electrons. The van der Waals surface area contributed by atoms with Crippen molar-refractivity contribution in [1.82, 2.24) is 14.3 Å². The maximum atomic E-state index is 13.0. The molecule has 2 aromatic carbocycles. The number of piperazine rings is 1. The van der Waals surface area contributed by atoms with Crippen molar-refractivity contribution in [1.29, 1.82) is 5.26 Å². The van der Waals surface area contributed by atoms with Crippen LogP contribution in [-0.4, -0.2) is 61.4 Å². The first-order valence-electron chi connectivity index (χ1n) is 10.1. The molecule has 0 N–H and O–H groups in total. The summed E-state index contributed by atoms with van der Waals surface area (Å²) in [6, 6.07) is 15.2. The summed E-state index contributed by atoms with van der Waals surface area (Å²) in [4.78, 5) is 23.6. The summed E-state index contributed by atoms with van der Waals surface area (Å²) in [5.41, 5.74) is 1.62. The van der Waals surface area contributed by atoms with Gasteiger partial charge in [-0.05, 0) is 37.3 Å². The van der Waals surface area contributed by atoms with E-state index < -0.39 is 16.0 Å². The van der Waals surface area contributed by atoms with Crippen LogP contribution in [0.15, 0.2) is 53.4 Å². The van der Waals surface area contributed by atoms with E-state index in [0.29, 0.717) is 29.9 Å². The van der Waals surface area contributed by atoms with Gasteiger partial charge in [0, 0.05) is 26.2 Å². The van der Waals surface area contributed by atoms with Crippen molar-refractivity contribution in [2.45, 2.75) is 11.8 Å². The SMILES string of the molecule is CCOC(=O)c1nc2ccccc2nc1N1CCN(S(=O)(=O)c2cccc(C#N)c2)CC1. The minimum atomic E-state index is -3.74. The van der Waals surface area contributed by atoms with Crippen molar-refractivity contribution in [3.05, 3.63) is 59.8 Å². The average molecular weight is 452 g/mol. The fourth-order valence-electron chi connectivity index (χ4n) is 3.56. The topological polar surface area (TPSA) is 116 Å². The van der Waals surface area contributed by atoms with E-state index in [2.05, 4.69) is 9.97 Å². The Morgan fingerprint density at radius 3 is 2.41 bits per heavy atom. The fraction of sp³-hybridized carbons (Fsp3) is 0.273. The second-order valence-corrected chi connectivity index (χ2v) is 9.07. The van der Waals surface area contributed by atoms with Crippen molar-refractivity contribution < 1.29 is 17.9 Å². The van der Waals surface area contributed by atoms with Crippen LogP contribution in [0, 0.1) is 11.3 Å². The molecule has 4 rings (SSSR count). The van der Waals surface area contributed by atoms with Crippen LogP contribution in [-0.2, 0) is 14.8 Å². The predicted octanol–water partition coefficient (Wildman–Crippen LogP) is 2.19. The van der Waals surface area contributed by atoms with E-state index in [4.69, 9.17) is 10.00 Å². The lowest BCUT2D eigenvalue weighted by Crippen LogP contribution is -2.49. The van der Waals surface area contributed by atoms with Gasteiger partial charge in [-0.15, -0.1) is 0 Å². The molecule has 32 heavy (non-hydrogen) atoms. The number of hydrogen-bond acceptors (Lipinski definition) is 8. The van der Waals surface area contributed by atoms with Crippen molar-refractivity contribution in [2.75, 3.05) is 37.7 Å². The zero-order valence-electron chi connectivity index (χ0n) is 17.4. The molecule has 0 spiro atoms. The molecule has 0 saturated carbocycles. The number of rotatable bonds is 5. The molecule has 1 fully saturated rings. The number of para-hydroxylation sites is 2. The van der Waals surface area contributed by atoms with E-state index in [1.165, 1.54) is 16.4 Å². The molecule has 0 bridgehead atoms. The molecule has 0 aliphatic carbocycles. The van der Waals surface area contributed by atoms with Crippen molar-refractivity contribution in [3.8, 4) is 6.07 Å². The Bertz CT molecular complexity index is 1310. The highest BCUT2D eigenvalue weighted by Crippen LogP contribution is 2.25. The summed E-state index contributed by atoms with van der Waals surface area (Å²) in [6.45, 7) is 3.00. The zero-order valence-corrected chi connectivity index (χ0v) is 18.2. The molecular weight excluding hydrogens is 430 g/mol. The quantitative estimate of drug-likeness (QED) is 0.542. The second kappa shape index (κ2) is 8.90. The molecule has 1 aliphatic rings. The Kier molecular flexibility index (Phi) is 6.03. The summed E-state index contributed by atoms with van der Waals surface area (Å²) >= 11 is 0. The van der Waals surface area contributed by atoms with Crippen LogP contribution >= 0.6 is 0 Å². The van der Waals surface area contributed by atoms with E-state index >= 15 is 0 Å². The summed E-state index contributed by atoms with van der Waals surface area (Å²) in [5, 5.41) is 9.07. The minimum absolute atomic E-state index is 0.0858. The molecule has 0 unspecified atom stereocenters. The molecule has 9 nitrogen and oxygen atoms in total. The lowest BCUT2D eigenvalue weighted by atomic mass is 10.2. The first-order chi connectivity index (χ1) is 15.4. The Balaban J connectivity index is 1.60. The standard InChI is InChI=1S/C22H21N5O4S/c1-2-31-22(28)20-21(25-19-9-4-3-8-18(19)24-20)26-10-12-27(13-11-26)32(29,30)17-7-5-6-16(14-17)15-23/h3-9,14H,2,10-13H2,1H3. The lowest BCUT2D eigenvalue weighted by molar-refractivity contribution is 0.0520. The Labute approximate surface area is 185 Å². The fourth-order valence-corrected chi connectivity index (χ4v) is 5.03. The molecule has 0 amide bonds. The van der Waals surface area contributed by atoms with Gasteiger partial charge < -0.3 is 9.64 Å². The molecule has 1 aliphatic heterocycles. The molecule has 1 saturated heterocycles. The number of benzene rings is 2. The average Bonchev–Trinajstić information content (AvgIpc) is 2.83. The van der Waals surface area contributed by atoms with Crippen molar-refractivity contribution in [2.24, 2.45) is 0 Å². The summed E-state index contributed by atoms with van der Waals surface area (Å²) in [6.07, 6.45) is 0. The Hall–Kier alpha value is -3.55. The first-order valence-corrected chi connectivity index (χ1v) is 11.6. The van der Waals surface area contributed by atoms with Gasteiger partial charge in [-0.3, -0.25) is 0 Å². The first kappa shape index (κ1) is 21.7. The lowest BCUT2D eigenvalue weighted by Gasteiger charge is -2.35. The molecular formula is C22H21N5O4S. The third-order valence-electron chi connectivity index (χ3n) is 5.16. The highest BCUT2D eigenvalue weighted by atomic mass is 32.2. The van der Waals surface area contributed by atoms with Gasteiger partial charge in [-0.25, -0.2) is 23.2 Å². The number of fused-ring (bicyclic) bond motifs is 1. The Morgan fingerprint density at radius 2 is 1.75 bits per heavy atom.